The second-order valence-corrected chi connectivity index (χ2v) is 5.16. The van der Waals surface area contributed by atoms with Gasteiger partial charge >= 0.3 is 0 Å². The molecule has 19 heavy (non-hydrogen) atoms. The van der Waals surface area contributed by atoms with E-state index in [9.17, 15) is 0 Å². The van der Waals surface area contributed by atoms with E-state index in [0.717, 1.165) is 33.4 Å². The van der Waals surface area contributed by atoms with Crippen LogP contribution in [0.25, 0.3) is 22.2 Å². The summed E-state index contributed by atoms with van der Waals surface area (Å²) in [5.74, 6) is 0. The summed E-state index contributed by atoms with van der Waals surface area (Å²) in [4.78, 5) is 4.46. The number of halogens is 1. The molecule has 0 amide bonds. The molecule has 0 aliphatic heterocycles. The second-order valence-electron chi connectivity index (χ2n) is 4.75. The lowest BCUT2D eigenvalue weighted by Gasteiger charge is -2.05. The predicted molar refractivity (Wildman–Crippen MR) is 78.4 cm³/mol. The van der Waals surface area contributed by atoms with Crippen LogP contribution in [0.3, 0.4) is 0 Å². The molecule has 0 bridgehead atoms. The molecule has 0 N–H and O–H groups in total. The summed E-state index contributed by atoms with van der Waals surface area (Å²) in [7, 11) is 1.95. The zero-order chi connectivity index (χ0) is 13.6. The number of fused-ring (bicyclic) bond motifs is 1. The Morgan fingerprint density at radius 2 is 2.00 bits per heavy atom. The van der Waals surface area contributed by atoms with Gasteiger partial charge in [-0.15, -0.1) is 0 Å². The van der Waals surface area contributed by atoms with Crippen LogP contribution in [-0.2, 0) is 7.05 Å². The van der Waals surface area contributed by atoms with Gasteiger partial charge in [0.25, 0.3) is 0 Å². The molecule has 0 aliphatic rings. The lowest BCUT2D eigenvalue weighted by molar-refractivity contribution is 0.751. The maximum atomic E-state index is 6.31. The number of hydrogen-bond acceptors (Lipinski definition) is 2. The van der Waals surface area contributed by atoms with E-state index >= 15 is 0 Å². The third-order valence-electron chi connectivity index (χ3n) is 3.39. The Balaban J connectivity index is 2.33. The average Bonchev–Trinajstić information content (AvgIpc) is 2.66. The number of pyridine rings is 1. The van der Waals surface area contributed by atoms with E-state index in [1.165, 1.54) is 0 Å². The van der Waals surface area contributed by atoms with Crippen LogP contribution in [0.4, 0.5) is 0 Å². The van der Waals surface area contributed by atoms with Crippen LogP contribution in [0.5, 0.6) is 0 Å². The molecule has 2 heterocycles. The van der Waals surface area contributed by atoms with E-state index in [1.54, 1.807) is 0 Å². The van der Waals surface area contributed by atoms with Crippen LogP contribution in [0.1, 0.15) is 11.3 Å². The second kappa shape index (κ2) is 4.35. The lowest BCUT2D eigenvalue weighted by atomic mass is 10.1. The molecular weight excluding hydrogens is 258 g/mol. The predicted octanol–water partition coefficient (Wildman–Crippen LogP) is 3.91. The van der Waals surface area contributed by atoms with Gasteiger partial charge in [0.05, 0.1) is 10.7 Å². The highest BCUT2D eigenvalue weighted by Crippen LogP contribution is 2.32. The molecule has 0 radical (unpaired) electrons. The summed E-state index contributed by atoms with van der Waals surface area (Å²) < 4.78 is 1.89. The monoisotopic (exact) mass is 271 g/mol. The van der Waals surface area contributed by atoms with Crippen LogP contribution >= 0.6 is 11.6 Å². The van der Waals surface area contributed by atoms with Crippen LogP contribution in [-0.4, -0.2) is 14.8 Å². The highest BCUT2D eigenvalue weighted by atomic mass is 35.5. The Hall–Kier alpha value is -1.87. The van der Waals surface area contributed by atoms with Crippen LogP contribution < -0.4 is 0 Å². The van der Waals surface area contributed by atoms with Gasteiger partial charge in [-0.05, 0) is 25.5 Å². The molecule has 0 spiro atoms. The maximum absolute atomic E-state index is 6.31. The fourth-order valence-electron chi connectivity index (χ4n) is 2.27. The van der Waals surface area contributed by atoms with Gasteiger partial charge in [-0.3, -0.25) is 9.67 Å². The van der Waals surface area contributed by atoms with E-state index in [0.29, 0.717) is 5.02 Å². The summed E-state index contributed by atoms with van der Waals surface area (Å²) in [6.45, 7) is 4.04. The average molecular weight is 272 g/mol. The largest absolute Gasteiger partial charge is 0.272 e. The van der Waals surface area contributed by atoms with Gasteiger partial charge in [-0.1, -0.05) is 29.8 Å². The highest BCUT2D eigenvalue weighted by Gasteiger charge is 2.13. The summed E-state index contributed by atoms with van der Waals surface area (Å²) in [6, 6.07) is 8.03. The van der Waals surface area contributed by atoms with Crippen molar-refractivity contribution in [2.75, 3.05) is 0 Å². The van der Waals surface area contributed by atoms with Crippen LogP contribution in [0.15, 0.2) is 30.5 Å². The van der Waals surface area contributed by atoms with Gasteiger partial charge < -0.3 is 0 Å². The molecule has 2 aromatic heterocycles. The van der Waals surface area contributed by atoms with Crippen molar-refractivity contribution >= 4 is 22.5 Å². The standard InChI is InChI=1S/C15H14ClN3/c1-9-7-13(16)15(17-8-9)12-6-4-5-11-10(2)19(3)18-14(11)12/h4-8H,1-3H3. The fraction of sp³-hybridized carbons (Fsp3) is 0.200. The zero-order valence-corrected chi connectivity index (χ0v) is 11.9. The van der Waals surface area contributed by atoms with Crippen molar-refractivity contribution in [2.45, 2.75) is 13.8 Å². The number of hydrogen-bond donors (Lipinski definition) is 0. The van der Waals surface area contributed by atoms with Crippen molar-refractivity contribution in [3.8, 4) is 11.3 Å². The van der Waals surface area contributed by atoms with Gasteiger partial charge in [0.15, 0.2) is 0 Å². The molecule has 3 aromatic rings. The Bertz CT molecular complexity index is 774. The quantitative estimate of drug-likeness (QED) is 0.672. The Kier molecular flexibility index (Phi) is 2.79. The topological polar surface area (TPSA) is 30.7 Å². The highest BCUT2D eigenvalue weighted by molar-refractivity contribution is 6.33. The van der Waals surface area contributed by atoms with E-state index in [1.807, 2.05) is 43.0 Å². The van der Waals surface area contributed by atoms with Crippen molar-refractivity contribution in [3.63, 3.8) is 0 Å². The van der Waals surface area contributed by atoms with Gasteiger partial charge in [-0.25, -0.2) is 0 Å². The van der Waals surface area contributed by atoms with E-state index in [-0.39, 0.29) is 0 Å². The van der Waals surface area contributed by atoms with Crippen molar-refractivity contribution in [1.29, 1.82) is 0 Å². The first-order chi connectivity index (χ1) is 9.08. The molecule has 0 fully saturated rings. The van der Waals surface area contributed by atoms with E-state index in [2.05, 4.69) is 23.1 Å². The molecule has 0 saturated carbocycles. The smallest absolute Gasteiger partial charge is 0.102 e. The minimum atomic E-state index is 0.663. The van der Waals surface area contributed by atoms with E-state index < -0.39 is 0 Å². The molecule has 96 valence electrons. The summed E-state index contributed by atoms with van der Waals surface area (Å²) >= 11 is 6.31. The molecule has 0 unspecified atom stereocenters. The number of nitrogens with zero attached hydrogens (tertiary/aromatic N) is 3. The van der Waals surface area contributed by atoms with Crippen LogP contribution in [0, 0.1) is 13.8 Å². The Morgan fingerprint density at radius 3 is 2.74 bits per heavy atom. The molecule has 0 saturated heterocycles. The first-order valence-corrected chi connectivity index (χ1v) is 6.50. The van der Waals surface area contributed by atoms with Crippen molar-refractivity contribution in [1.82, 2.24) is 14.8 Å². The SMILES string of the molecule is Cc1cnc(-c2cccc3c(C)n(C)nc23)c(Cl)c1. The molecule has 4 heteroatoms. The molecule has 1 aromatic carbocycles. The Labute approximate surface area is 116 Å². The fourth-order valence-corrected chi connectivity index (χ4v) is 2.59. The normalized spacial score (nSPS) is 11.2. The maximum Gasteiger partial charge on any atom is 0.102 e. The lowest BCUT2D eigenvalue weighted by Crippen LogP contribution is -1.92. The van der Waals surface area contributed by atoms with Gasteiger partial charge in [-0.2, -0.15) is 5.10 Å². The summed E-state index contributed by atoms with van der Waals surface area (Å²) in [6.07, 6.45) is 1.83. The van der Waals surface area contributed by atoms with Gasteiger partial charge in [0, 0.05) is 29.9 Å². The minimum Gasteiger partial charge on any atom is -0.272 e. The van der Waals surface area contributed by atoms with Crippen molar-refractivity contribution < 1.29 is 0 Å². The Morgan fingerprint density at radius 1 is 1.21 bits per heavy atom. The first-order valence-electron chi connectivity index (χ1n) is 6.13. The number of rotatable bonds is 1. The third-order valence-corrected chi connectivity index (χ3v) is 3.68. The van der Waals surface area contributed by atoms with E-state index in [4.69, 9.17) is 11.6 Å². The number of aromatic nitrogens is 3. The zero-order valence-electron chi connectivity index (χ0n) is 11.1. The third kappa shape index (κ3) is 1.90. The summed E-state index contributed by atoms with van der Waals surface area (Å²) in [5.41, 5.74) is 4.90. The summed E-state index contributed by atoms with van der Waals surface area (Å²) in [5, 5.41) is 6.37. The number of aryl methyl sites for hydroxylation is 3. The molecule has 3 nitrogen and oxygen atoms in total. The van der Waals surface area contributed by atoms with Crippen molar-refractivity contribution in [3.05, 3.63) is 46.7 Å². The van der Waals surface area contributed by atoms with Crippen molar-refractivity contribution in [2.24, 2.45) is 7.05 Å². The molecule has 3 rings (SSSR count). The molecule has 0 atom stereocenters. The molecule has 0 aliphatic carbocycles. The van der Waals surface area contributed by atoms with Crippen LogP contribution in [0.2, 0.25) is 5.02 Å². The first kappa shape index (κ1) is 12.2. The van der Waals surface area contributed by atoms with Gasteiger partial charge in [0.1, 0.15) is 5.52 Å². The molecular formula is C15H14ClN3. The minimum absolute atomic E-state index is 0.663. The number of benzene rings is 1. The van der Waals surface area contributed by atoms with Gasteiger partial charge in [0.2, 0.25) is 0 Å².